The standard InChI is InChI=1S/C9H14BrN/c1-7(2)9-5-4-8(10)6-11(9)3/h4-7,9H,1-3H3. The largest absolute Gasteiger partial charge is 0.373 e. The van der Waals surface area contributed by atoms with Crippen LogP contribution in [0.3, 0.4) is 0 Å². The maximum atomic E-state index is 3.44. The van der Waals surface area contributed by atoms with Crippen LogP contribution in [-0.2, 0) is 0 Å². The summed E-state index contributed by atoms with van der Waals surface area (Å²) in [6, 6.07) is 0.552. The lowest BCUT2D eigenvalue weighted by molar-refractivity contribution is 0.307. The Hall–Kier alpha value is -0.240. The number of likely N-dealkylation sites (N-methyl/N-ethyl adjacent to an activating group) is 1. The van der Waals surface area contributed by atoms with E-state index < -0.39 is 0 Å². The zero-order valence-corrected chi connectivity index (χ0v) is 8.80. The van der Waals surface area contributed by atoms with Crippen LogP contribution in [0.5, 0.6) is 0 Å². The summed E-state index contributed by atoms with van der Waals surface area (Å²) >= 11 is 3.44. The van der Waals surface area contributed by atoms with Gasteiger partial charge in [-0.05, 0) is 27.9 Å². The van der Waals surface area contributed by atoms with Gasteiger partial charge in [0.25, 0.3) is 0 Å². The Labute approximate surface area is 76.9 Å². The Balaban J connectivity index is 2.69. The lowest BCUT2D eigenvalue weighted by Crippen LogP contribution is -2.31. The molecule has 62 valence electrons. The smallest absolute Gasteiger partial charge is 0.0491 e. The van der Waals surface area contributed by atoms with Gasteiger partial charge < -0.3 is 4.90 Å². The quantitative estimate of drug-likeness (QED) is 0.651. The molecule has 2 heteroatoms. The number of rotatable bonds is 1. The van der Waals surface area contributed by atoms with Crippen molar-refractivity contribution < 1.29 is 0 Å². The van der Waals surface area contributed by atoms with Gasteiger partial charge in [-0.2, -0.15) is 0 Å². The molecule has 0 N–H and O–H groups in total. The van der Waals surface area contributed by atoms with Gasteiger partial charge in [0.1, 0.15) is 0 Å². The van der Waals surface area contributed by atoms with E-state index in [0.717, 1.165) is 4.48 Å². The highest BCUT2D eigenvalue weighted by atomic mass is 79.9. The minimum absolute atomic E-state index is 0.552. The Morgan fingerprint density at radius 2 is 2.18 bits per heavy atom. The Morgan fingerprint density at radius 3 is 2.64 bits per heavy atom. The van der Waals surface area contributed by atoms with Gasteiger partial charge in [0.05, 0.1) is 0 Å². The summed E-state index contributed by atoms with van der Waals surface area (Å²) in [6.07, 6.45) is 6.46. The van der Waals surface area contributed by atoms with Crippen molar-refractivity contribution in [1.29, 1.82) is 0 Å². The normalized spacial score (nSPS) is 24.3. The third-order valence-electron chi connectivity index (χ3n) is 1.93. The molecule has 0 saturated heterocycles. The Morgan fingerprint density at radius 1 is 1.55 bits per heavy atom. The fourth-order valence-electron chi connectivity index (χ4n) is 1.34. The topological polar surface area (TPSA) is 3.24 Å². The van der Waals surface area contributed by atoms with Gasteiger partial charge >= 0.3 is 0 Å². The van der Waals surface area contributed by atoms with E-state index in [4.69, 9.17) is 0 Å². The van der Waals surface area contributed by atoms with Crippen molar-refractivity contribution in [2.75, 3.05) is 7.05 Å². The molecule has 0 aromatic rings. The molecular formula is C9H14BrN. The number of halogens is 1. The highest BCUT2D eigenvalue weighted by Gasteiger charge is 2.15. The minimum atomic E-state index is 0.552. The summed E-state index contributed by atoms with van der Waals surface area (Å²) in [5.41, 5.74) is 0. The van der Waals surface area contributed by atoms with Crippen LogP contribution in [0.25, 0.3) is 0 Å². The Bertz CT molecular complexity index is 194. The molecule has 0 saturated carbocycles. The fraction of sp³-hybridized carbons (Fsp3) is 0.556. The van der Waals surface area contributed by atoms with Crippen molar-refractivity contribution in [3.8, 4) is 0 Å². The lowest BCUT2D eigenvalue weighted by Gasteiger charge is -2.30. The average Bonchev–Trinajstić information content (AvgIpc) is 1.85. The molecule has 1 nitrogen and oxygen atoms in total. The second-order valence-electron chi connectivity index (χ2n) is 3.27. The first kappa shape index (κ1) is 8.85. The van der Waals surface area contributed by atoms with Gasteiger partial charge in [-0.15, -0.1) is 0 Å². The molecule has 0 aromatic carbocycles. The van der Waals surface area contributed by atoms with E-state index >= 15 is 0 Å². The van der Waals surface area contributed by atoms with Crippen LogP contribution in [-0.4, -0.2) is 18.0 Å². The van der Waals surface area contributed by atoms with E-state index in [-0.39, 0.29) is 0 Å². The van der Waals surface area contributed by atoms with E-state index in [2.05, 4.69) is 60.1 Å². The van der Waals surface area contributed by atoms with Gasteiger partial charge in [0, 0.05) is 23.8 Å². The fourth-order valence-corrected chi connectivity index (χ4v) is 1.82. The number of nitrogens with zero attached hydrogens (tertiary/aromatic N) is 1. The van der Waals surface area contributed by atoms with Gasteiger partial charge in [-0.1, -0.05) is 19.9 Å². The molecule has 1 unspecified atom stereocenters. The van der Waals surface area contributed by atoms with E-state index in [1.165, 1.54) is 0 Å². The third kappa shape index (κ3) is 2.09. The molecular weight excluding hydrogens is 202 g/mol. The van der Waals surface area contributed by atoms with Crippen molar-refractivity contribution in [1.82, 2.24) is 4.90 Å². The van der Waals surface area contributed by atoms with E-state index in [1.54, 1.807) is 0 Å². The first-order chi connectivity index (χ1) is 5.11. The zero-order valence-electron chi connectivity index (χ0n) is 7.21. The van der Waals surface area contributed by atoms with Crippen molar-refractivity contribution in [2.45, 2.75) is 19.9 Å². The lowest BCUT2D eigenvalue weighted by atomic mass is 10.0. The van der Waals surface area contributed by atoms with E-state index in [9.17, 15) is 0 Å². The summed E-state index contributed by atoms with van der Waals surface area (Å²) in [6.45, 7) is 4.47. The molecule has 0 spiro atoms. The molecule has 1 heterocycles. The van der Waals surface area contributed by atoms with Crippen molar-refractivity contribution in [3.05, 3.63) is 22.8 Å². The number of hydrogen-bond donors (Lipinski definition) is 0. The van der Waals surface area contributed by atoms with Gasteiger partial charge in [0.2, 0.25) is 0 Å². The summed E-state index contributed by atoms with van der Waals surface area (Å²) in [7, 11) is 2.11. The maximum Gasteiger partial charge on any atom is 0.0491 e. The second kappa shape index (κ2) is 3.44. The van der Waals surface area contributed by atoms with Crippen LogP contribution in [0.15, 0.2) is 22.8 Å². The highest BCUT2D eigenvalue weighted by molar-refractivity contribution is 9.11. The first-order valence-electron chi connectivity index (χ1n) is 3.88. The molecule has 1 aliphatic heterocycles. The monoisotopic (exact) mass is 215 g/mol. The molecule has 0 aromatic heterocycles. The summed E-state index contributed by atoms with van der Waals surface area (Å²) in [5.74, 6) is 0.674. The van der Waals surface area contributed by atoms with Crippen molar-refractivity contribution in [3.63, 3.8) is 0 Å². The van der Waals surface area contributed by atoms with Crippen LogP contribution >= 0.6 is 15.9 Å². The van der Waals surface area contributed by atoms with Gasteiger partial charge in [0.15, 0.2) is 0 Å². The molecule has 1 atom stereocenters. The van der Waals surface area contributed by atoms with Crippen LogP contribution in [0.4, 0.5) is 0 Å². The average molecular weight is 216 g/mol. The maximum absolute atomic E-state index is 3.44. The molecule has 1 aliphatic rings. The highest BCUT2D eigenvalue weighted by Crippen LogP contribution is 2.20. The predicted octanol–water partition coefficient (Wildman–Crippen LogP) is 2.75. The van der Waals surface area contributed by atoms with Gasteiger partial charge in [-0.3, -0.25) is 0 Å². The zero-order chi connectivity index (χ0) is 8.43. The summed E-state index contributed by atoms with van der Waals surface area (Å²) < 4.78 is 1.15. The summed E-state index contributed by atoms with van der Waals surface area (Å²) in [5, 5.41) is 0. The third-order valence-corrected chi connectivity index (χ3v) is 2.40. The van der Waals surface area contributed by atoms with E-state index in [0.29, 0.717) is 12.0 Å². The number of hydrogen-bond acceptors (Lipinski definition) is 1. The second-order valence-corrected chi connectivity index (χ2v) is 4.19. The van der Waals surface area contributed by atoms with E-state index in [1.807, 2.05) is 0 Å². The van der Waals surface area contributed by atoms with Crippen molar-refractivity contribution >= 4 is 15.9 Å². The summed E-state index contributed by atoms with van der Waals surface area (Å²) in [4.78, 5) is 2.23. The minimum Gasteiger partial charge on any atom is -0.373 e. The molecule has 11 heavy (non-hydrogen) atoms. The Kier molecular flexibility index (Phi) is 2.77. The molecule has 1 rings (SSSR count). The number of allylic oxidation sites excluding steroid dienone is 2. The first-order valence-corrected chi connectivity index (χ1v) is 4.68. The molecule has 0 bridgehead atoms. The van der Waals surface area contributed by atoms with Crippen LogP contribution < -0.4 is 0 Å². The molecule has 0 aliphatic carbocycles. The SMILES string of the molecule is CC(C)C1C=CC(Br)=CN1C. The van der Waals surface area contributed by atoms with Crippen LogP contribution in [0.1, 0.15) is 13.8 Å². The molecule has 0 radical (unpaired) electrons. The molecule has 0 amide bonds. The van der Waals surface area contributed by atoms with Crippen molar-refractivity contribution in [2.24, 2.45) is 5.92 Å². The predicted molar refractivity (Wildman–Crippen MR) is 52.5 cm³/mol. The van der Waals surface area contributed by atoms with Crippen LogP contribution in [0, 0.1) is 5.92 Å². The van der Waals surface area contributed by atoms with Gasteiger partial charge in [-0.25, -0.2) is 0 Å². The molecule has 0 fully saturated rings. The van der Waals surface area contributed by atoms with Crippen LogP contribution in [0.2, 0.25) is 0 Å².